The fraction of sp³-hybridized carbons (Fsp3) is 0.522. The van der Waals surface area contributed by atoms with E-state index in [1.165, 1.54) is 0 Å². The largest absolute Gasteiger partial charge is 0.356 e. The van der Waals surface area contributed by atoms with Gasteiger partial charge >= 0.3 is 0 Å². The highest BCUT2D eigenvalue weighted by Gasteiger charge is 2.25. The van der Waals surface area contributed by atoms with E-state index in [9.17, 15) is 9.18 Å². The Hall–Kier alpha value is -2.54. The maximum absolute atomic E-state index is 14.4. The van der Waals surface area contributed by atoms with Crippen molar-refractivity contribution in [3.63, 3.8) is 0 Å². The lowest BCUT2D eigenvalue weighted by Gasteiger charge is -2.31. The third-order valence-electron chi connectivity index (χ3n) is 4.52. The van der Waals surface area contributed by atoms with Crippen LogP contribution in [-0.4, -0.2) is 39.1 Å². The molecular formula is C23H27FN4O2. The molecule has 3 aromatic rings. The van der Waals surface area contributed by atoms with Crippen LogP contribution in [-0.2, 0) is 19.3 Å². The Morgan fingerprint density at radius 3 is 3.07 bits per heavy atom. The molecule has 0 amide bonds. The number of aromatic nitrogens is 3. The molecule has 0 radical (unpaired) electrons. The quantitative estimate of drug-likeness (QED) is 0.635. The molecule has 7 heteroatoms. The van der Waals surface area contributed by atoms with Gasteiger partial charge in [0.15, 0.2) is 5.58 Å². The number of hydrogen-bond donors (Lipinski definition) is 0. The number of piperidine rings is 1. The molecular weight excluding hydrogens is 383 g/mol. The van der Waals surface area contributed by atoms with Crippen LogP contribution >= 0.6 is 0 Å². The molecule has 0 N–H and O–H groups in total. The fourth-order valence-electron chi connectivity index (χ4n) is 3.06. The van der Waals surface area contributed by atoms with Crippen LogP contribution in [0.25, 0.3) is 11.0 Å². The van der Waals surface area contributed by atoms with Gasteiger partial charge in [-0.2, -0.15) is 0 Å². The van der Waals surface area contributed by atoms with Gasteiger partial charge in [-0.1, -0.05) is 5.16 Å². The van der Waals surface area contributed by atoms with Crippen molar-refractivity contribution in [3.05, 3.63) is 57.1 Å². The zero-order valence-electron chi connectivity index (χ0n) is 33.6. The first-order valence-corrected chi connectivity index (χ1v) is 8.99. The Kier molecular flexibility index (Phi) is 2.08. The number of halogens is 1. The van der Waals surface area contributed by atoms with Crippen LogP contribution in [0.2, 0.25) is 0 Å². The minimum absolute atomic E-state index is 0.0388. The van der Waals surface area contributed by atoms with E-state index < -0.39 is 113 Å². The summed E-state index contributed by atoms with van der Waals surface area (Å²) in [5.41, 5.74) is -5.24. The van der Waals surface area contributed by atoms with Gasteiger partial charge in [-0.05, 0) is 64.0 Å². The molecule has 2 aromatic heterocycles. The minimum atomic E-state index is -4.23. The zero-order chi connectivity index (χ0) is 36.7. The van der Waals surface area contributed by atoms with Crippen molar-refractivity contribution >= 4 is 11.0 Å². The summed E-state index contributed by atoms with van der Waals surface area (Å²) >= 11 is 0. The third kappa shape index (κ3) is 3.55. The van der Waals surface area contributed by atoms with E-state index in [0.717, 1.165) is 11.5 Å². The van der Waals surface area contributed by atoms with E-state index >= 15 is 0 Å². The monoisotopic (exact) mass is 428 g/mol. The Bertz CT molecular complexity index is 1890. The summed E-state index contributed by atoms with van der Waals surface area (Å²) in [7, 11) is 0. The van der Waals surface area contributed by atoms with Gasteiger partial charge in [0, 0.05) is 68.6 Å². The van der Waals surface area contributed by atoms with Crippen molar-refractivity contribution in [1.29, 1.82) is 0 Å². The summed E-state index contributed by atoms with van der Waals surface area (Å²) in [6, 6.07) is -3.65. The SMILES string of the molecule is [2H]c1c(F)c([2H])c2onc(C3([2H])C([2H])([2H])C([2H])([2H])N(C([2H])([2H])C([2H])([2H])c4c(C)nc5n(c4=O)CCCC5([2H])[2H])C([2H])([2H])C3([2H])[2H])c2c1[2H]. The second kappa shape index (κ2) is 7.95. The van der Waals surface area contributed by atoms with Gasteiger partial charge in [-0.15, -0.1) is 0 Å². The van der Waals surface area contributed by atoms with Crippen molar-refractivity contribution in [2.24, 2.45) is 0 Å². The first-order valence-electron chi connectivity index (χ1n) is 18.0. The fourth-order valence-corrected chi connectivity index (χ4v) is 3.06. The lowest BCUT2D eigenvalue weighted by Crippen LogP contribution is -2.37. The molecule has 0 unspecified atom stereocenters. The summed E-state index contributed by atoms with van der Waals surface area (Å²) in [6.45, 7) is -11.8. The van der Waals surface area contributed by atoms with Crippen LogP contribution < -0.4 is 5.56 Å². The molecule has 0 spiro atoms. The van der Waals surface area contributed by atoms with Gasteiger partial charge in [-0.25, -0.2) is 9.37 Å². The third-order valence-corrected chi connectivity index (χ3v) is 4.52. The molecule has 2 aliphatic heterocycles. The van der Waals surface area contributed by atoms with Crippen LogP contribution in [0, 0.1) is 12.7 Å². The van der Waals surface area contributed by atoms with Crippen LogP contribution in [0.4, 0.5) is 4.39 Å². The molecule has 2 aliphatic rings. The summed E-state index contributed by atoms with van der Waals surface area (Å²) < 4.78 is 175. The van der Waals surface area contributed by atoms with Crippen molar-refractivity contribution in [3.8, 4) is 0 Å². The highest BCUT2D eigenvalue weighted by Crippen LogP contribution is 2.32. The predicted molar refractivity (Wildman–Crippen MR) is 112 cm³/mol. The molecule has 0 aliphatic carbocycles. The van der Waals surface area contributed by atoms with Gasteiger partial charge in [0.2, 0.25) is 0 Å². The molecule has 0 saturated carbocycles. The topological polar surface area (TPSA) is 64.2 Å². The van der Waals surface area contributed by atoms with E-state index in [2.05, 4.69) is 10.1 Å². The maximum atomic E-state index is 14.4. The van der Waals surface area contributed by atoms with Gasteiger partial charge in [0.25, 0.3) is 5.56 Å². The molecule has 1 saturated heterocycles. The molecule has 0 bridgehead atoms. The molecule has 5 rings (SSSR count). The van der Waals surface area contributed by atoms with E-state index in [4.69, 9.17) is 29.2 Å². The lowest BCUT2D eigenvalue weighted by molar-refractivity contribution is 0.211. The highest BCUT2D eigenvalue weighted by molar-refractivity contribution is 5.79. The summed E-state index contributed by atoms with van der Waals surface area (Å²) in [6.07, 6.45) is -14.2. The van der Waals surface area contributed by atoms with E-state index in [0.29, 0.717) is 0 Å². The molecule has 158 valence electrons. The average molecular weight is 429 g/mol. The van der Waals surface area contributed by atoms with Crippen molar-refractivity contribution < 1.29 is 33.6 Å². The zero-order valence-corrected chi connectivity index (χ0v) is 15.6. The predicted octanol–water partition coefficient (Wildman–Crippen LogP) is 3.59. The van der Waals surface area contributed by atoms with Crippen LogP contribution in [0.1, 0.15) is 78.9 Å². The van der Waals surface area contributed by atoms with E-state index in [-0.39, 0.29) is 25.2 Å². The summed E-state index contributed by atoms with van der Waals surface area (Å²) in [4.78, 5) is 16.9. The number of benzene rings is 1. The number of likely N-dealkylation sites (tertiary alicyclic amines) is 1. The van der Waals surface area contributed by atoms with Crippen molar-refractivity contribution in [1.82, 2.24) is 19.6 Å². The first-order chi connectivity index (χ1) is 21.5. The molecule has 6 nitrogen and oxygen atoms in total. The number of aryl methyl sites for hydroxylation is 2. The Morgan fingerprint density at radius 2 is 2.23 bits per heavy atom. The Labute approximate surface area is 200 Å². The summed E-state index contributed by atoms with van der Waals surface area (Å²) in [5, 5.41) is 2.37. The number of nitrogens with zero attached hydrogens (tertiary/aromatic N) is 4. The molecule has 30 heavy (non-hydrogen) atoms. The van der Waals surface area contributed by atoms with Gasteiger partial charge in [0.05, 0.1) is 9.81 Å². The smallest absolute Gasteiger partial charge is 0.256 e. The molecule has 1 aromatic carbocycles. The first kappa shape index (κ1) is 7.86. The van der Waals surface area contributed by atoms with Crippen LogP contribution in [0.15, 0.2) is 27.4 Å². The van der Waals surface area contributed by atoms with Crippen LogP contribution in [0.5, 0.6) is 0 Å². The number of fused-ring (bicyclic) bond motifs is 2. The molecule has 4 heterocycles. The Balaban J connectivity index is 1.78. The standard InChI is InChI=1S/C23H27FN4O2/c1-15-18(23(29)28-10-3-2-4-21(28)25-15)9-13-27-11-7-16(8-12-27)22-19-6-5-17(24)14-20(19)30-26-22/h5-6,14,16H,2-4,7-13H2,1H3/i4D2,5D,6D,7D2,8D2,9D2,11D2,12D2,13D2,14D,16D. The molecule has 1 fully saturated rings. The highest BCUT2D eigenvalue weighted by atomic mass is 19.1. The second-order valence-electron chi connectivity index (χ2n) is 6.48. The van der Waals surface area contributed by atoms with Gasteiger partial charge in [-0.3, -0.25) is 9.36 Å². The maximum Gasteiger partial charge on any atom is 0.256 e. The van der Waals surface area contributed by atoms with Crippen LogP contribution in [0.3, 0.4) is 0 Å². The normalized spacial score (nSPS) is 37.3. The molecule has 0 atom stereocenters. The van der Waals surface area contributed by atoms with Gasteiger partial charge in [0.1, 0.15) is 11.6 Å². The van der Waals surface area contributed by atoms with E-state index in [1.807, 2.05) is 0 Å². The van der Waals surface area contributed by atoms with E-state index in [1.54, 1.807) is 0 Å². The Morgan fingerprint density at radius 1 is 1.40 bits per heavy atom. The van der Waals surface area contributed by atoms with Gasteiger partial charge < -0.3 is 9.42 Å². The number of rotatable bonds is 4. The lowest BCUT2D eigenvalue weighted by atomic mass is 9.91. The second-order valence-corrected chi connectivity index (χ2v) is 6.48. The minimum Gasteiger partial charge on any atom is -0.356 e. The summed E-state index contributed by atoms with van der Waals surface area (Å²) in [5.74, 6) is -5.94. The number of hydrogen-bond acceptors (Lipinski definition) is 5. The average Bonchev–Trinajstić information content (AvgIpc) is 3.39. The van der Waals surface area contributed by atoms with Crippen molar-refractivity contribution in [2.75, 3.05) is 19.5 Å². The van der Waals surface area contributed by atoms with Crippen molar-refractivity contribution in [2.45, 2.75) is 57.7 Å².